The highest BCUT2D eigenvalue weighted by atomic mass is 16.6. The lowest BCUT2D eigenvalue weighted by Crippen LogP contribution is -2.52. The van der Waals surface area contributed by atoms with Gasteiger partial charge in [-0.2, -0.15) is 0 Å². The van der Waals surface area contributed by atoms with Gasteiger partial charge in [-0.25, -0.2) is 9.59 Å². The minimum absolute atomic E-state index is 0.0758. The number of carbonyl (C=O) groups is 4. The third kappa shape index (κ3) is 14.6. The van der Waals surface area contributed by atoms with E-state index in [1.807, 2.05) is 81.4 Å². The first kappa shape index (κ1) is 34.3. The van der Waals surface area contributed by atoms with Crippen LogP contribution in [0.15, 0.2) is 60.7 Å². The maximum Gasteiger partial charge on any atom is 0.408 e. The minimum Gasteiger partial charge on any atom is -0.445 e. The smallest absolute Gasteiger partial charge is 0.408 e. The third-order valence-corrected chi connectivity index (χ3v) is 6.23. The molecule has 2 rings (SSSR count). The summed E-state index contributed by atoms with van der Waals surface area (Å²) in [5, 5.41) is 8.17. The van der Waals surface area contributed by atoms with Gasteiger partial charge in [0.2, 0.25) is 5.91 Å². The van der Waals surface area contributed by atoms with Crippen LogP contribution in [0.4, 0.5) is 9.59 Å². The summed E-state index contributed by atoms with van der Waals surface area (Å²) < 4.78 is 15.9. The van der Waals surface area contributed by atoms with Crippen LogP contribution >= 0.6 is 0 Å². The molecule has 0 saturated carbocycles. The van der Waals surface area contributed by atoms with Gasteiger partial charge in [-0.15, -0.1) is 0 Å². The van der Waals surface area contributed by atoms with E-state index in [0.717, 1.165) is 17.5 Å². The molecule has 0 heterocycles. The lowest BCUT2D eigenvalue weighted by molar-refractivity contribution is -0.131. The van der Waals surface area contributed by atoms with Crippen molar-refractivity contribution in [2.24, 2.45) is 5.92 Å². The predicted molar refractivity (Wildman–Crippen MR) is 160 cm³/mol. The van der Waals surface area contributed by atoms with E-state index in [9.17, 15) is 19.2 Å². The second-order valence-electron chi connectivity index (χ2n) is 10.5. The number of rotatable bonds is 19. The topological polar surface area (TPSA) is 132 Å². The van der Waals surface area contributed by atoms with Gasteiger partial charge in [0, 0.05) is 13.2 Å². The van der Waals surface area contributed by atoms with E-state index in [2.05, 4.69) is 16.0 Å². The molecule has 0 aromatic heterocycles. The Morgan fingerprint density at radius 3 is 1.93 bits per heavy atom. The zero-order valence-corrected chi connectivity index (χ0v) is 24.9. The van der Waals surface area contributed by atoms with Crippen LogP contribution in [-0.2, 0) is 37.0 Å². The summed E-state index contributed by atoms with van der Waals surface area (Å²) in [4.78, 5) is 50.7. The number of carbonyl (C=O) groups excluding carboxylic acids is 4. The van der Waals surface area contributed by atoms with Gasteiger partial charge in [-0.05, 0) is 49.1 Å². The highest BCUT2D eigenvalue weighted by Gasteiger charge is 2.27. The number of benzene rings is 2. The number of hydrogen-bond donors (Lipinski definition) is 3. The molecular formula is C32H45N3O7. The summed E-state index contributed by atoms with van der Waals surface area (Å²) in [6, 6.07) is 17.0. The molecule has 2 unspecified atom stereocenters. The molecule has 3 N–H and O–H groups in total. The number of unbranched alkanes of at least 4 members (excludes halogenated alkanes) is 1. The molecular weight excluding hydrogens is 538 g/mol. The van der Waals surface area contributed by atoms with Crippen LogP contribution in [-0.4, -0.2) is 55.7 Å². The molecule has 10 nitrogen and oxygen atoms in total. The van der Waals surface area contributed by atoms with Crippen molar-refractivity contribution in [1.82, 2.24) is 16.0 Å². The quantitative estimate of drug-likeness (QED) is 0.200. The van der Waals surface area contributed by atoms with E-state index in [0.29, 0.717) is 38.8 Å². The maximum atomic E-state index is 13.3. The van der Waals surface area contributed by atoms with Gasteiger partial charge in [0.05, 0.1) is 6.04 Å². The Bertz CT molecular complexity index is 1080. The van der Waals surface area contributed by atoms with Gasteiger partial charge in [0.1, 0.15) is 25.9 Å². The highest BCUT2D eigenvalue weighted by molar-refractivity contribution is 5.92. The van der Waals surface area contributed by atoms with Crippen molar-refractivity contribution in [2.45, 2.75) is 78.2 Å². The molecule has 0 aliphatic carbocycles. The van der Waals surface area contributed by atoms with Crippen LogP contribution in [0.5, 0.6) is 0 Å². The highest BCUT2D eigenvalue weighted by Crippen LogP contribution is 2.10. The van der Waals surface area contributed by atoms with Crippen LogP contribution in [0.2, 0.25) is 0 Å². The molecule has 2 aromatic rings. The third-order valence-electron chi connectivity index (χ3n) is 6.23. The van der Waals surface area contributed by atoms with Gasteiger partial charge in [0.15, 0.2) is 5.78 Å². The van der Waals surface area contributed by atoms with Crippen molar-refractivity contribution in [3.8, 4) is 0 Å². The summed E-state index contributed by atoms with van der Waals surface area (Å²) in [7, 11) is 0. The zero-order valence-electron chi connectivity index (χ0n) is 24.9. The van der Waals surface area contributed by atoms with Crippen molar-refractivity contribution >= 4 is 23.9 Å². The second-order valence-corrected chi connectivity index (χ2v) is 10.5. The fraction of sp³-hybridized carbons (Fsp3) is 0.500. The van der Waals surface area contributed by atoms with Crippen molar-refractivity contribution in [1.29, 1.82) is 0 Å². The monoisotopic (exact) mass is 583 g/mol. The first-order chi connectivity index (χ1) is 20.3. The van der Waals surface area contributed by atoms with Gasteiger partial charge in [-0.3, -0.25) is 9.59 Å². The van der Waals surface area contributed by atoms with Gasteiger partial charge in [-0.1, -0.05) is 81.4 Å². The number of alkyl carbamates (subject to hydrolysis) is 2. The molecule has 2 aromatic carbocycles. The van der Waals surface area contributed by atoms with E-state index < -0.39 is 30.2 Å². The lowest BCUT2D eigenvalue weighted by atomic mass is 10.0. The summed E-state index contributed by atoms with van der Waals surface area (Å²) in [6.45, 7) is 6.76. The number of ether oxygens (including phenoxy) is 3. The molecule has 0 aliphatic heterocycles. The number of hydrogen-bond acceptors (Lipinski definition) is 7. The predicted octanol–water partition coefficient (Wildman–Crippen LogP) is 4.90. The lowest BCUT2D eigenvalue weighted by Gasteiger charge is -2.24. The van der Waals surface area contributed by atoms with Crippen LogP contribution in [0, 0.1) is 5.92 Å². The van der Waals surface area contributed by atoms with E-state index in [-0.39, 0.29) is 31.5 Å². The normalized spacial score (nSPS) is 12.2. The van der Waals surface area contributed by atoms with Crippen LogP contribution in [0.3, 0.4) is 0 Å². The van der Waals surface area contributed by atoms with Gasteiger partial charge in [0.25, 0.3) is 0 Å². The van der Waals surface area contributed by atoms with E-state index >= 15 is 0 Å². The average molecular weight is 584 g/mol. The molecule has 0 fully saturated rings. The molecule has 230 valence electrons. The average Bonchev–Trinajstić information content (AvgIpc) is 2.98. The SMILES string of the molecule is CCCOCC(=O)C(CCCCNC(=O)OCc1ccccc1)NC(=O)C(CC(C)C)NC(=O)OCc1ccccc1. The molecule has 10 heteroatoms. The van der Waals surface area contributed by atoms with Crippen LogP contribution in [0.1, 0.15) is 64.0 Å². The number of ketones is 1. The van der Waals surface area contributed by atoms with Gasteiger partial charge < -0.3 is 30.2 Å². The maximum absolute atomic E-state index is 13.3. The molecule has 42 heavy (non-hydrogen) atoms. The Kier molecular flexibility index (Phi) is 16.4. The molecule has 0 radical (unpaired) electrons. The molecule has 0 bridgehead atoms. The summed E-state index contributed by atoms with van der Waals surface area (Å²) in [5.41, 5.74) is 1.72. The standard InChI is InChI=1S/C32H45N3O7/c1-4-19-40-23-29(36)27(17-11-12-18-33-31(38)41-21-25-13-7-5-8-14-25)34-30(37)28(20-24(2)3)35-32(39)42-22-26-15-9-6-10-16-26/h5-10,13-16,24,27-28H,4,11-12,17-23H2,1-3H3,(H,33,38)(H,34,37)(H,35,39). The summed E-state index contributed by atoms with van der Waals surface area (Å²) >= 11 is 0. The van der Waals surface area contributed by atoms with E-state index in [1.54, 1.807) is 0 Å². The first-order valence-corrected chi connectivity index (χ1v) is 14.6. The number of nitrogens with one attached hydrogen (secondary N) is 3. The Morgan fingerprint density at radius 2 is 1.36 bits per heavy atom. The minimum atomic E-state index is -0.874. The second kappa shape index (κ2) is 20.0. The van der Waals surface area contributed by atoms with E-state index in [1.165, 1.54) is 0 Å². The Labute approximate surface area is 248 Å². The molecule has 0 spiro atoms. The van der Waals surface area contributed by atoms with Crippen molar-refractivity contribution < 1.29 is 33.4 Å². The summed E-state index contributed by atoms with van der Waals surface area (Å²) in [6.07, 6.45) is 1.40. The van der Waals surface area contributed by atoms with Gasteiger partial charge >= 0.3 is 12.2 Å². The Hall–Kier alpha value is -3.92. The largest absolute Gasteiger partial charge is 0.445 e. The van der Waals surface area contributed by atoms with E-state index in [4.69, 9.17) is 14.2 Å². The fourth-order valence-electron chi connectivity index (χ4n) is 4.05. The Morgan fingerprint density at radius 1 is 0.762 bits per heavy atom. The van der Waals surface area contributed by atoms with Crippen molar-refractivity contribution in [3.63, 3.8) is 0 Å². The van der Waals surface area contributed by atoms with Crippen LogP contribution in [0.25, 0.3) is 0 Å². The summed E-state index contributed by atoms with van der Waals surface area (Å²) in [5.74, 6) is -0.608. The van der Waals surface area contributed by atoms with Crippen molar-refractivity contribution in [3.05, 3.63) is 71.8 Å². The molecule has 2 atom stereocenters. The Balaban J connectivity index is 1.87. The fourth-order valence-corrected chi connectivity index (χ4v) is 4.05. The number of Topliss-reactive ketones (excluding diaryl/α,β-unsaturated/α-hetero) is 1. The number of amides is 3. The van der Waals surface area contributed by atoms with Crippen molar-refractivity contribution in [2.75, 3.05) is 19.8 Å². The first-order valence-electron chi connectivity index (χ1n) is 14.6. The molecule has 3 amide bonds. The van der Waals surface area contributed by atoms with Crippen LogP contribution < -0.4 is 16.0 Å². The zero-order chi connectivity index (χ0) is 30.6. The molecule has 0 aliphatic rings. The molecule has 0 saturated heterocycles.